The van der Waals surface area contributed by atoms with Crippen molar-refractivity contribution in [1.29, 1.82) is 0 Å². The average Bonchev–Trinajstić information content (AvgIpc) is 3.15. The van der Waals surface area contributed by atoms with Crippen molar-refractivity contribution in [3.8, 4) is 0 Å². The topological polar surface area (TPSA) is 77.7 Å². The summed E-state index contributed by atoms with van der Waals surface area (Å²) in [4.78, 5) is 31.2. The van der Waals surface area contributed by atoms with Gasteiger partial charge in [0.25, 0.3) is 5.91 Å². The molecule has 2 N–H and O–H groups in total. The molecule has 0 radical (unpaired) electrons. The largest absolute Gasteiger partial charge is 0.373 e. The lowest BCUT2D eigenvalue weighted by Gasteiger charge is -2.38. The number of rotatable bonds is 8. The Hall–Kier alpha value is -2.64. The summed E-state index contributed by atoms with van der Waals surface area (Å²) in [5, 5.41) is 2.93. The van der Waals surface area contributed by atoms with Gasteiger partial charge < -0.3 is 19.9 Å². The van der Waals surface area contributed by atoms with E-state index in [9.17, 15) is 9.59 Å². The summed E-state index contributed by atoms with van der Waals surface area (Å²) in [6.07, 6.45) is 3.46. The van der Waals surface area contributed by atoms with Crippen molar-refractivity contribution in [3.63, 3.8) is 0 Å². The molecule has 1 aliphatic heterocycles. The Morgan fingerprint density at radius 3 is 2.63 bits per heavy atom. The highest BCUT2D eigenvalue weighted by atomic mass is 16.5. The SMILES string of the molecule is CN(C)C(C(=O)NCCOC1CN(C(=O)c2cc[nH]c2)C1)c1ccccc1. The molecule has 1 aromatic carbocycles. The number of ether oxygens (including phenoxy) is 1. The van der Waals surface area contributed by atoms with Crippen LogP contribution < -0.4 is 5.32 Å². The lowest BCUT2D eigenvalue weighted by molar-refractivity contribution is -0.126. The van der Waals surface area contributed by atoms with Crippen LogP contribution in [0, 0.1) is 0 Å². The maximum atomic E-state index is 12.5. The summed E-state index contributed by atoms with van der Waals surface area (Å²) < 4.78 is 5.74. The van der Waals surface area contributed by atoms with Crippen molar-refractivity contribution < 1.29 is 14.3 Å². The third-order valence-corrected chi connectivity index (χ3v) is 4.62. The lowest BCUT2D eigenvalue weighted by atomic mass is 10.1. The predicted molar refractivity (Wildman–Crippen MR) is 102 cm³/mol. The first-order valence-electron chi connectivity index (χ1n) is 9.09. The molecule has 7 nitrogen and oxygen atoms in total. The van der Waals surface area contributed by atoms with E-state index in [1.807, 2.05) is 49.3 Å². The van der Waals surface area contributed by atoms with Gasteiger partial charge in [-0.25, -0.2) is 0 Å². The van der Waals surface area contributed by atoms with E-state index in [0.29, 0.717) is 31.8 Å². The number of amides is 2. The Balaban J connectivity index is 1.37. The minimum atomic E-state index is -0.329. The van der Waals surface area contributed by atoms with Gasteiger partial charge in [-0.05, 0) is 25.7 Å². The van der Waals surface area contributed by atoms with Crippen molar-refractivity contribution in [1.82, 2.24) is 20.1 Å². The fourth-order valence-corrected chi connectivity index (χ4v) is 3.16. The Morgan fingerprint density at radius 2 is 2.00 bits per heavy atom. The second-order valence-electron chi connectivity index (χ2n) is 6.87. The minimum Gasteiger partial charge on any atom is -0.373 e. The van der Waals surface area contributed by atoms with Crippen LogP contribution >= 0.6 is 0 Å². The van der Waals surface area contributed by atoms with Crippen LogP contribution in [-0.2, 0) is 9.53 Å². The predicted octanol–water partition coefficient (Wildman–Crippen LogP) is 1.27. The first-order chi connectivity index (χ1) is 13.1. The molecule has 2 heterocycles. The van der Waals surface area contributed by atoms with Crippen molar-refractivity contribution in [2.75, 3.05) is 40.3 Å². The number of nitrogens with zero attached hydrogens (tertiary/aromatic N) is 2. The highest BCUT2D eigenvalue weighted by Gasteiger charge is 2.32. The van der Waals surface area contributed by atoms with Crippen molar-refractivity contribution in [3.05, 3.63) is 59.9 Å². The van der Waals surface area contributed by atoms with E-state index in [1.54, 1.807) is 23.4 Å². The summed E-state index contributed by atoms with van der Waals surface area (Å²) >= 11 is 0. The van der Waals surface area contributed by atoms with Crippen LogP contribution in [0.4, 0.5) is 0 Å². The quantitative estimate of drug-likeness (QED) is 0.686. The standard InChI is InChI=1S/C20H26N4O3/c1-23(2)18(15-6-4-3-5-7-15)19(25)22-10-11-27-17-13-24(14-17)20(26)16-8-9-21-12-16/h3-9,12,17-18,21H,10-11,13-14H2,1-2H3,(H,22,25). The Labute approximate surface area is 159 Å². The first kappa shape index (κ1) is 19.1. The van der Waals surface area contributed by atoms with E-state index in [-0.39, 0.29) is 24.0 Å². The molecule has 0 aliphatic carbocycles. The normalized spacial score (nSPS) is 15.4. The third kappa shape index (κ3) is 4.75. The zero-order valence-corrected chi connectivity index (χ0v) is 15.7. The third-order valence-electron chi connectivity index (χ3n) is 4.62. The van der Waals surface area contributed by atoms with Crippen LogP contribution in [0.25, 0.3) is 0 Å². The van der Waals surface area contributed by atoms with E-state index in [4.69, 9.17) is 4.74 Å². The average molecular weight is 370 g/mol. The molecular formula is C20H26N4O3. The molecule has 2 aromatic rings. The minimum absolute atomic E-state index is 0.0149. The molecule has 0 saturated carbocycles. The molecule has 1 aliphatic rings. The smallest absolute Gasteiger partial charge is 0.255 e. The highest BCUT2D eigenvalue weighted by molar-refractivity contribution is 5.94. The van der Waals surface area contributed by atoms with E-state index in [2.05, 4.69) is 10.3 Å². The zero-order chi connectivity index (χ0) is 19.2. The van der Waals surface area contributed by atoms with Crippen molar-refractivity contribution in [2.24, 2.45) is 0 Å². The Bertz CT molecular complexity index is 740. The molecule has 0 spiro atoms. The van der Waals surface area contributed by atoms with Gasteiger partial charge >= 0.3 is 0 Å². The van der Waals surface area contributed by atoms with Crippen LogP contribution in [0.2, 0.25) is 0 Å². The second-order valence-corrected chi connectivity index (χ2v) is 6.87. The van der Waals surface area contributed by atoms with Crippen LogP contribution in [0.1, 0.15) is 22.0 Å². The number of hydrogen-bond acceptors (Lipinski definition) is 4. The second kappa shape index (κ2) is 8.83. The van der Waals surface area contributed by atoms with E-state index in [1.165, 1.54) is 0 Å². The van der Waals surface area contributed by atoms with Crippen molar-refractivity contribution in [2.45, 2.75) is 12.1 Å². The maximum absolute atomic E-state index is 12.5. The Morgan fingerprint density at radius 1 is 1.26 bits per heavy atom. The number of benzene rings is 1. The van der Waals surface area contributed by atoms with E-state index in [0.717, 1.165) is 5.56 Å². The molecule has 1 aromatic heterocycles. The molecule has 0 bridgehead atoms. The number of H-pyrrole nitrogens is 1. The van der Waals surface area contributed by atoms with Gasteiger partial charge in [0.1, 0.15) is 6.04 Å². The van der Waals surface area contributed by atoms with Gasteiger partial charge in [-0.1, -0.05) is 30.3 Å². The van der Waals surface area contributed by atoms with E-state index < -0.39 is 0 Å². The number of likely N-dealkylation sites (N-methyl/N-ethyl adjacent to an activating group) is 1. The van der Waals surface area contributed by atoms with Gasteiger partial charge in [0.05, 0.1) is 18.3 Å². The first-order valence-corrected chi connectivity index (χ1v) is 9.09. The molecular weight excluding hydrogens is 344 g/mol. The number of aromatic nitrogens is 1. The number of aromatic amines is 1. The molecule has 144 valence electrons. The molecule has 1 unspecified atom stereocenters. The van der Waals surface area contributed by atoms with Crippen LogP contribution in [0.15, 0.2) is 48.8 Å². The fraction of sp³-hybridized carbons (Fsp3) is 0.400. The maximum Gasteiger partial charge on any atom is 0.255 e. The Kier molecular flexibility index (Phi) is 6.26. The number of carbonyl (C=O) groups is 2. The summed E-state index contributed by atoms with van der Waals surface area (Å²) in [6.45, 7) is 2.04. The fourth-order valence-electron chi connectivity index (χ4n) is 3.16. The van der Waals surface area contributed by atoms with Gasteiger partial charge in [-0.3, -0.25) is 14.5 Å². The number of hydrogen-bond donors (Lipinski definition) is 2. The number of nitrogens with one attached hydrogen (secondary N) is 2. The van der Waals surface area contributed by atoms with Crippen LogP contribution in [0.5, 0.6) is 0 Å². The van der Waals surface area contributed by atoms with Gasteiger partial charge in [-0.15, -0.1) is 0 Å². The van der Waals surface area contributed by atoms with Gasteiger partial charge in [0, 0.05) is 32.0 Å². The summed E-state index contributed by atoms with van der Waals surface area (Å²) in [7, 11) is 3.77. The van der Waals surface area contributed by atoms with E-state index >= 15 is 0 Å². The van der Waals surface area contributed by atoms with Crippen LogP contribution in [-0.4, -0.2) is 73.0 Å². The van der Waals surface area contributed by atoms with Gasteiger partial charge in [0.2, 0.25) is 5.91 Å². The molecule has 1 fully saturated rings. The number of carbonyl (C=O) groups excluding carboxylic acids is 2. The molecule has 3 rings (SSSR count). The summed E-state index contributed by atoms with van der Waals surface area (Å²) in [6, 6.07) is 11.1. The molecule has 27 heavy (non-hydrogen) atoms. The monoisotopic (exact) mass is 370 g/mol. The molecule has 1 atom stereocenters. The summed E-state index contributed by atoms with van der Waals surface area (Å²) in [5.41, 5.74) is 1.62. The van der Waals surface area contributed by atoms with Crippen molar-refractivity contribution >= 4 is 11.8 Å². The van der Waals surface area contributed by atoms with Gasteiger partial charge in [0.15, 0.2) is 0 Å². The van der Waals surface area contributed by atoms with Crippen LogP contribution in [0.3, 0.4) is 0 Å². The lowest BCUT2D eigenvalue weighted by Crippen LogP contribution is -2.55. The summed E-state index contributed by atoms with van der Waals surface area (Å²) in [5.74, 6) is -0.0336. The highest BCUT2D eigenvalue weighted by Crippen LogP contribution is 2.18. The molecule has 1 saturated heterocycles. The van der Waals surface area contributed by atoms with Gasteiger partial charge in [-0.2, -0.15) is 0 Å². The number of likely N-dealkylation sites (tertiary alicyclic amines) is 1. The molecule has 7 heteroatoms. The zero-order valence-electron chi connectivity index (χ0n) is 15.7. The molecule has 2 amide bonds.